The van der Waals surface area contributed by atoms with E-state index in [4.69, 9.17) is 23.2 Å². The van der Waals surface area contributed by atoms with Gasteiger partial charge in [-0.15, -0.1) is 0 Å². The molecule has 0 unspecified atom stereocenters. The summed E-state index contributed by atoms with van der Waals surface area (Å²) in [7, 11) is -3.48. The van der Waals surface area contributed by atoms with E-state index in [-0.39, 0.29) is 12.3 Å². The number of hydrogen-bond donors (Lipinski definition) is 1. The Balaban J connectivity index is 1.62. The Morgan fingerprint density at radius 3 is 2.36 bits per heavy atom. The lowest BCUT2D eigenvalue weighted by molar-refractivity contribution is 0.580. The summed E-state index contributed by atoms with van der Waals surface area (Å²) in [6, 6.07) is 12.3. The van der Waals surface area contributed by atoms with E-state index < -0.39 is 10.0 Å². The Hall–Kier alpha value is -1.86. The molecule has 25 heavy (non-hydrogen) atoms. The lowest BCUT2D eigenvalue weighted by Crippen LogP contribution is -2.24. The Morgan fingerprint density at radius 1 is 1.00 bits per heavy atom. The average Bonchev–Trinajstić information content (AvgIpc) is 3.11. The highest BCUT2D eigenvalue weighted by molar-refractivity contribution is 7.88. The molecule has 3 aromatic rings. The molecule has 0 saturated heterocycles. The van der Waals surface area contributed by atoms with Gasteiger partial charge in [0.05, 0.1) is 22.1 Å². The molecule has 0 atom stereocenters. The number of sulfonamides is 1. The number of nitrogens with one attached hydrogen (secondary N) is 1. The van der Waals surface area contributed by atoms with Gasteiger partial charge < -0.3 is 4.57 Å². The highest BCUT2D eigenvalue weighted by atomic mass is 35.5. The molecule has 130 valence electrons. The van der Waals surface area contributed by atoms with Crippen molar-refractivity contribution in [1.29, 1.82) is 0 Å². The molecule has 2 aromatic carbocycles. The lowest BCUT2D eigenvalue weighted by atomic mass is 10.2. The van der Waals surface area contributed by atoms with Crippen molar-refractivity contribution in [3.8, 4) is 5.69 Å². The summed E-state index contributed by atoms with van der Waals surface area (Å²) in [4.78, 5) is 3.99. The molecule has 0 fully saturated rings. The molecule has 0 saturated carbocycles. The number of nitrogens with zero attached hydrogens (tertiary/aromatic N) is 2. The molecule has 3 rings (SSSR count). The molecule has 0 radical (unpaired) electrons. The van der Waals surface area contributed by atoms with Crippen LogP contribution in [-0.2, 0) is 22.3 Å². The fraction of sp³-hybridized carbons (Fsp3) is 0.118. The predicted molar refractivity (Wildman–Crippen MR) is 99.5 cm³/mol. The molecule has 0 aliphatic rings. The summed E-state index contributed by atoms with van der Waals surface area (Å²) in [5.41, 5.74) is 2.40. The monoisotopic (exact) mass is 395 g/mol. The van der Waals surface area contributed by atoms with Crippen LogP contribution in [0.5, 0.6) is 0 Å². The second-order valence-electron chi connectivity index (χ2n) is 5.47. The zero-order valence-corrected chi connectivity index (χ0v) is 15.4. The standard InChI is InChI=1S/C17H15Cl2N3O2S/c18-16-6-3-14(9-17(16)19)11-25(23,24)21-10-13-1-4-15(5-2-13)22-8-7-20-12-22/h1-9,12,21H,10-11H2. The number of imidazole rings is 1. The van der Waals surface area contributed by atoms with Crippen molar-refractivity contribution < 1.29 is 8.42 Å². The largest absolute Gasteiger partial charge is 0.306 e. The van der Waals surface area contributed by atoms with Crippen molar-refractivity contribution in [3.05, 3.63) is 82.4 Å². The van der Waals surface area contributed by atoms with E-state index in [1.165, 1.54) is 0 Å². The molecular weight excluding hydrogens is 381 g/mol. The van der Waals surface area contributed by atoms with Crippen molar-refractivity contribution in [2.75, 3.05) is 0 Å². The topological polar surface area (TPSA) is 64.0 Å². The normalized spacial score (nSPS) is 11.6. The lowest BCUT2D eigenvalue weighted by Gasteiger charge is -2.09. The third kappa shape index (κ3) is 4.83. The number of halogens is 2. The predicted octanol–water partition coefficient (Wildman–Crippen LogP) is 3.80. The maximum Gasteiger partial charge on any atom is 0.216 e. The van der Waals surface area contributed by atoms with Gasteiger partial charge in [-0.05, 0) is 35.4 Å². The molecule has 5 nitrogen and oxygen atoms in total. The van der Waals surface area contributed by atoms with Gasteiger partial charge in [0.15, 0.2) is 0 Å². The second-order valence-corrected chi connectivity index (χ2v) is 8.09. The van der Waals surface area contributed by atoms with Crippen LogP contribution in [0.1, 0.15) is 11.1 Å². The first-order valence-electron chi connectivity index (χ1n) is 7.41. The van der Waals surface area contributed by atoms with E-state index in [1.54, 1.807) is 30.7 Å². The summed E-state index contributed by atoms with van der Waals surface area (Å²) < 4.78 is 28.9. The van der Waals surface area contributed by atoms with Gasteiger partial charge in [0.1, 0.15) is 0 Å². The van der Waals surface area contributed by atoms with E-state index in [0.29, 0.717) is 15.6 Å². The fourth-order valence-corrected chi connectivity index (χ4v) is 3.72. The first kappa shape index (κ1) is 17.9. The number of rotatable bonds is 6. The average molecular weight is 396 g/mol. The van der Waals surface area contributed by atoms with Crippen LogP contribution in [0.15, 0.2) is 61.2 Å². The minimum atomic E-state index is -3.48. The maximum absolute atomic E-state index is 12.2. The quantitative estimate of drug-likeness (QED) is 0.690. The van der Waals surface area contributed by atoms with Crippen LogP contribution >= 0.6 is 23.2 Å². The zero-order valence-electron chi connectivity index (χ0n) is 13.1. The molecule has 1 heterocycles. The summed E-state index contributed by atoms with van der Waals surface area (Å²) in [6.45, 7) is 0.216. The van der Waals surface area contributed by atoms with E-state index in [0.717, 1.165) is 11.3 Å². The van der Waals surface area contributed by atoms with Gasteiger partial charge in [-0.3, -0.25) is 0 Å². The molecule has 8 heteroatoms. The SMILES string of the molecule is O=S(=O)(Cc1ccc(Cl)c(Cl)c1)NCc1ccc(-n2ccnc2)cc1. The van der Waals surface area contributed by atoms with Crippen molar-refractivity contribution >= 4 is 33.2 Å². The van der Waals surface area contributed by atoms with Gasteiger partial charge in [-0.1, -0.05) is 41.4 Å². The van der Waals surface area contributed by atoms with Crippen molar-refractivity contribution in [2.45, 2.75) is 12.3 Å². The van der Waals surface area contributed by atoms with E-state index in [9.17, 15) is 8.42 Å². The molecule has 0 aliphatic carbocycles. The van der Waals surface area contributed by atoms with Crippen LogP contribution in [0.2, 0.25) is 10.0 Å². The van der Waals surface area contributed by atoms with Crippen LogP contribution in [0.25, 0.3) is 5.69 Å². The van der Waals surface area contributed by atoms with Gasteiger partial charge in [0, 0.05) is 24.6 Å². The van der Waals surface area contributed by atoms with Gasteiger partial charge in [-0.2, -0.15) is 0 Å². The van der Waals surface area contributed by atoms with E-state index in [1.807, 2.05) is 35.0 Å². The van der Waals surface area contributed by atoms with Gasteiger partial charge in [-0.25, -0.2) is 18.1 Å². The van der Waals surface area contributed by atoms with Crippen LogP contribution in [0.3, 0.4) is 0 Å². The minimum Gasteiger partial charge on any atom is -0.306 e. The summed E-state index contributed by atoms with van der Waals surface area (Å²) >= 11 is 11.8. The molecule has 1 aromatic heterocycles. The third-order valence-electron chi connectivity index (χ3n) is 3.58. The zero-order chi connectivity index (χ0) is 17.9. The summed E-state index contributed by atoms with van der Waals surface area (Å²) in [5.74, 6) is -0.156. The van der Waals surface area contributed by atoms with Crippen molar-refractivity contribution in [2.24, 2.45) is 0 Å². The van der Waals surface area contributed by atoms with Gasteiger partial charge in [0.25, 0.3) is 0 Å². The second kappa shape index (κ2) is 7.58. The van der Waals surface area contributed by atoms with Crippen molar-refractivity contribution in [3.63, 3.8) is 0 Å². The van der Waals surface area contributed by atoms with Gasteiger partial charge >= 0.3 is 0 Å². The number of hydrogen-bond acceptors (Lipinski definition) is 3. The molecule has 0 spiro atoms. The Morgan fingerprint density at radius 2 is 1.72 bits per heavy atom. The van der Waals surface area contributed by atoms with Gasteiger partial charge in [0.2, 0.25) is 10.0 Å². The maximum atomic E-state index is 12.2. The van der Waals surface area contributed by atoms with Crippen LogP contribution in [-0.4, -0.2) is 18.0 Å². The third-order valence-corrected chi connectivity index (χ3v) is 5.61. The fourth-order valence-electron chi connectivity index (χ4n) is 2.29. The Kier molecular flexibility index (Phi) is 5.44. The highest BCUT2D eigenvalue weighted by Gasteiger charge is 2.12. The summed E-state index contributed by atoms with van der Waals surface area (Å²) in [6.07, 6.45) is 5.25. The smallest absolute Gasteiger partial charge is 0.216 e. The number of benzene rings is 2. The molecule has 0 amide bonds. The van der Waals surface area contributed by atoms with Crippen LogP contribution in [0, 0.1) is 0 Å². The first-order valence-corrected chi connectivity index (χ1v) is 9.82. The number of aromatic nitrogens is 2. The first-order chi connectivity index (χ1) is 11.9. The van der Waals surface area contributed by atoms with E-state index in [2.05, 4.69) is 9.71 Å². The van der Waals surface area contributed by atoms with Crippen molar-refractivity contribution in [1.82, 2.24) is 14.3 Å². The minimum absolute atomic E-state index is 0.156. The Labute approximate surface area is 156 Å². The molecule has 0 bridgehead atoms. The molecule has 1 N–H and O–H groups in total. The Bertz CT molecular complexity index is 956. The van der Waals surface area contributed by atoms with Crippen LogP contribution in [0.4, 0.5) is 0 Å². The molecule has 0 aliphatic heterocycles. The van der Waals surface area contributed by atoms with E-state index >= 15 is 0 Å². The highest BCUT2D eigenvalue weighted by Crippen LogP contribution is 2.23. The summed E-state index contributed by atoms with van der Waals surface area (Å²) in [5, 5.41) is 0.734. The molecular formula is C17H15Cl2N3O2S. The van der Waals surface area contributed by atoms with Crippen LogP contribution < -0.4 is 4.72 Å².